The summed E-state index contributed by atoms with van der Waals surface area (Å²) in [4.78, 5) is 19.1. The van der Waals surface area contributed by atoms with Gasteiger partial charge in [-0.05, 0) is 55.5 Å². The SMILES string of the molecule is CCC(Nc1cc(C(=O)N2CCCCC2)ccn1)c1ccc(OC)cc1. The maximum absolute atomic E-state index is 12.7. The minimum absolute atomic E-state index is 0.104. The van der Waals surface area contributed by atoms with Gasteiger partial charge in [0.15, 0.2) is 0 Å². The van der Waals surface area contributed by atoms with Crippen molar-refractivity contribution in [2.24, 2.45) is 0 Å². The number of aromatic nitrogens is 1. The van der Waals surface area contributed by atoms with E-state index >= 15 is 0 Å². The number of nitrogens with zero attached hydrogens (tertiary/aromatic N) is 2. The van der Waals surface area contributed by atoms with Crippen LogP contribution in [0.2, 0.25) is 0 Å². The number of piperidine rings is 1. The Morgan fingerprint density at radius 2 is 1.92 bits per heavy atom. The molecule has 0 aliphatic carbocycles. The Hall–Kier alpha value is -2.56. The van der Waals surface area contributed by atoms with E-state index in [4.69, 9.17) is 4.74 Å². The Balaban J connectivity index is 1.72. The van der Waals surface area contributed by atoms with Crippen LogP contribution in [0.5, 0.6) is 5.75 Å². The van der Waals surface area contributed by atoms with E-state index < -0.39 is 0 Å². The lowest BCUT2D eigenvalue weighted by molar-refractivity contribution is 0.0724. The topological polar surface area (TPSA) is 54.5 Å². The average molecular weight is 353 g/mol. The van der Waals surface area contributed by atoms with Gasteiger partial charge in [0, 0.05) is 24.8 Å². The first kappa shape index (κ1) is 18.2. The molecule has 2 aromatic rings. The van der Waals surface area contributed by atoms with Crippen LogP contribution in [0.15, 0.2) is 42.6 Å². The van der Waals surface area contributed by atoms with Gasteiger partial charge in [0.05, 0.1) is 13.2 Å². The van der Waals surface area contributed by atoms with E-state index in [0.29, 0.717) is 5.56 Å². The van der Waals surface area contributed by atoms with Gasteiger partial charge in [0.2, 0.25) is 0 Å². The van der Waals surface area contributed by atoms with E-state index in [-0.39, 0.29) is 11.9 Å². The van der Waals surface area contributed by atoms with Crippen LogP contribution < -0.4 is 10.1 Å². The fourth-order valence-corrected chi connectivity index (χ4v) is 3.36. The summed E-state index contributed by atoms with van der Waals surface area (Å²) < 4.78 is 5.23. The number of anilines is 1. The van der Waals surface area contributed by atoms with Crippen molar-refractivity contribution in [1.82, 2.24) is 9.88 Å². The Bertz CT molecular complexity index is 724. The Kier molecular flexibility index (Phi) is 6.10. The zero-order valence-corrected chi connectivity index (χ0v) is 15.6. The van der Waals surface area contributed by atoms with Gasteiger partial charge in [-0.1, -0.05) is 19.1 Å². The van der Waals surface area contributed by atoms with E-state index in [0.717, 1.165) is 43.9 Å². The molecule has 138 valence electrons. The van der Waals surface area contributed by atoms with Gasteiger partial charge >= 0.3 is 0 Å². The van der Waals surface area contributed by atoms with Crippen LogP contribution in [0.25, 0.3) is 0 Å². The molecule has 1 aliphatic rings. The van der Waals surface area contributed by atoms with Crippen molar-refractivity contribution >= 4 is 11.7 Å². The summed E-state index contributed by atoms with van der Waals surface area (Å²) >= 11 is 0. The zero-order valence-electron chi connectivity index (χ0n) is 15.6. The fourth-order valence-electron chi connectivity index (χ4n) is 3.36. The number of hydrogen-bond donors (Lipinski definition) is 1. The molecule has 1 fully saturated rings. The van der Waals surface area contributed by atoms with Crippen molar-refractivity contribution in [3.63, 3.8) is 0 Å². The molecule has 1 saturated heterocycles. The first-order chi connectivity index (χ1) is 12.7. The van der Waals surface area contributed by atoms with Gasteiger partial charge in [0.1, 0.15) is 11.6 Å². The highest BCUT2D eigenvalue weighted by molar-refractivity contribution is 5.94. The van der Waals surface area contributed by atoms with Crippen molar-refractivity contribution in [1.29, 1.82) is 0 Å². The van der Waals surface area contributed by atoms with E-state index in [1.165, 1.54) is 12.0 Å². The van der Waals surface area contributed by atoms with Gasteiger partial charge in [-0.2, -0.15) is 0 Å². The maximum Gasteiger partial charge on any atom is 0.254 e. The average Bonchev–Trinajstić information content (AvgIpc) is 2.72. The lowest BCUT2D eigenvalue weighted by Gasteiger charge is -2.27. The minimum Gasteiger partial charge on any atom is -0.497 e. The predicted octanol–water partition coefficient (Wildman–Crippen LogP) is 4.28. The van der Waals surface area contributed by atoms with Gasteiger partial charge in [-0.15, -0.1) is 0 Å². The molecule has 3 rings (SSSR count). The molecule has 5 heteroatoms. The van der Waals surface area contributed by atoms with Gasteiger partial charge < -0.3 is 15.0 Å². The number of nitrogens with one attached hydrogen (secondary N) is 1. The normalized spacial score (nSPS) is 15.4. The Morgan fingerprint density at radius 3 is 2.58 bits per heavy atom. The summed E-state index contributed by atoms with van der Waals surface area (Å²) in [5.41, 5.74) is 1.87. The molecule has 5 nitrogen and oxygen atoms in total. The molecule has 1 aliphatic heterocycles. The smallest absolute Gasteiger partial charge is 0.254 e. The minimum atomic E-state index is 0.104. The summed E-state index contributed by atoms with van der Waals surface area (Å²) in [7, 11) is 1.67. The Morgan fingerprint density at radius 1 is 1.19 bits per heavy atom. The van der Waals surface area contributed by atoms with Crippen LogP contribution in [0.1, 0.15) is 54.6 Å². The third kappa shape index (κ3) is 4.34. The van der Waals surface area contributed by atoms with Crippen LogP contribution in [0.4, 0.5) is 5.82 Å². The van der Waals surface area contributed by atoms with Gasteiger partial charge in [-0.25, -0.2) is 4.98 Å². The summed E-state index contributed by atoms with van der Waals surface area (Å²) in [6, 6.07) is 11.8. The number of hydrogen-bond acceptors (Lipinski definition) is 4. The quantitative estimate of drug-likeness (QED) is 0.842. The van der Waals surface area contributed by atoms with E-state index in [1.54, 1.807) is 19.4 Å². The summed E-state index contributed by atoms with van der Waals surface area (Å²) in [6.45, 7) is 3.84. The molecule has 1 aromatic heterocycles. The third-order valence-electron chi connectivity index (χ3n) is 4.90. The van der Waals surface area contributed by atoms with Crippen LogP contribution >= 0.6 is 0 Å². The van der Waals surface area contributed by atoms with E-state index in [9.17, 15) is 4.79 Å². The zero-order chi connectivity index (χ0) is 18.4. The first-order valence-corrected chi connectivity index (χ1v) is 9.37. The van der Waals surface area contributed by atoms with Crippen molar-refractivity contribution in [3.8, 4) is 5.75 Å². The molecule has 0 bridgehead atoms. The van der Waals surface area contributed by atoms with E-state index in [1.807, 2.05) is 23.1 Å². The van der Waals surface area contributed by atoms with Crippen LogP contribution in [0, 0.1) is 0 Å². The van der Waals surface area contributed by atoms with E-state index in [2.05, 4.69) is 29.4 Å². The summed E-state index contributed by atoms with van der Waals surface area (Å²) in [5, 5.41) is 3.46. The highest BCUT2D eigenvalue weighted by Crippen LogP contribution is 2.24. The number of ether oxygens (including phenoxy) is 1. The second-order valence-electron chi connectivity index (χ2n) is 6.66. The lowest BCUT2D eigenvalue weighted by Crippen LogP contribution is -2.35. The molecule has 1 amide bonds. The van der Waals surface area contributed by atoms with Crippen molar-refractivity contribution in [3.05, 3.63) is 53.7 Å². The lowest BCUT2D eigenvalue weighted by atomic mass is 10.0. The molecule has 1 unspecified atom stereocenters. The summed E-state index contributed by atoms with van der Waals surface area (Å²) in [5.74, 6) is 1.68. The second-order valence-corrected chi connectivity index (χ2v) is 6.66. The van der Waals surface area contributed by atoms with Crippen molar-refractivity contribution in [2.45, 2.75) is 38.6 Å². The number of rotatable bonds is 6. The first-order valence-electron chi connectivity index (χ1n) is 9.37. The molecule has 0 saturated carbocycles. The van der Waals surface area contributed by atoms with Gasteiger partial charge in [-0.3, -0.25) is 4.79 Å². The van der Waals surface area contributed by atoms with Gasteiger partial charge in [0.25, 0.3) is 5.91 Å². The molecule has 0 spiro atoms. The monoisotopic (exact) mass is 353 g/mol. The molecular formula is C21H27N3O2. The molecule has 0 radical (unpaired) electrons. The largest absolute Gasteiger partial charge is 0.497 e. The number of carbonyl (C=O) groups is 1. The molecular weight excluding hydrogens is 326 g/mol. The fraction of sp³-hybridized carbons (Fsp3) is 0.429. The standard InChI is InChI=1S/C21H27N3O2/c1-3-19(16-7-9-18(26-2)10-8-16)23-20-15-17(11-12-22-20)21(25)24-13-5-4-6-14-24/h7-12,15,19H,3-6,13-14H2,1-2H3,(H,22,23). The Labute approximate surface area is 155 Å². The molecule has 26 heavy (non-hydrogen) atoms. The van der Waals surface area contributed by atoms with Crippen LogP contribution in [-0.4, -0.2) is 36.0 Å². The number of likely N-dealkylation sites (tertiary alicyclic amines) is 1. The number of methoxy groups -OCH3 is 1. The van der Waals surface area contributed by atoms with Crippen LogP contribution in [0.3, 0.4) is 0 Å². The third-order valence-corrected chi connectivity index (χ3v) is 4.90. The molecule has 1 N–H and O–H groups in total. The molecule has 2 heterocycles. The second kappa shape index (κ2) is 8.70. The van der Waals surface area contributed by atoms with Crippen molar-refractivity contribution in [2.75, 3.05) is 25.5 Å². The molecule has 1 aromatic carbocycles. The number of pyridine rings is 1. The van der Waals surface area contributed by atoms with Crippen molar-refractivity contribution < 1.29 is 9.53 Å². The van der Waals surface area contributed by atoms with Crippen LogP contribution in [-0.2, 0) is 0 Å². The number of benzene rings is 1. The maximum atomic E-state index is 12.7. The number of amides is 1. The highest BCUT2D eigenvalue weighted by atomic mass is 16.5. The number of carbonyl (C=O) groups excluding carboxylic acids is 1. The highest BCUT2D eigenvalue weighted by Gasteiger charge is 2.19. The summed E-state index contributed by atoms with van der Waals surface area (Å²) in [6.07, 6.45) is 6.03. The molecule has 1 atom stereocenters. The predicted molar refractivity (Wildman–Crippen MR) is 104 cm³/mol.